The minimum atomic E-state index is 0.119. The first kappa shape index (κ1) is 21.0. The molecule has 1 heterocycles. The molecule has 0 atom stereocenters. The van der Waals surface area contributed by atoms with Gasteiger partial charge in [0.1, 0.15) is 0 Å². The second-order valence-electron chi connectivity index (χ2n) is 8.42. The number of hydrogen-bond donors (Lipinski definition) is 3. The lowest BCUT2D eigenvalue weighted by Gasteiger charge is -2.41. The second-order valence-corrected chi connectivity index (χ2v) is 8.42. The molecule has 0 aromatic rings. The van der Waals surface area contributed by atoms with Crippen LogP contribution >= 0.6 is 0 Å². The molecule has 1 saturated carbocycles. The van der Waals surface area contributed by atoms with E-state index in [0.717, 1.165) is 12.5 Å². The van der Waals surface area contributed by atoms with E-state index in [9.17, 15) is 4.79 Å². The van der Waals surface area contributed by atoms with Gasteiger partial charge in [-0.15, -0.1) is 0 Å². The van der Waals surface area contributed by atoms with Gasteiger partial charge in [-0.05, 0) is 58.5 Å². The normalized spacial score (nSPS) is 20.2. The number of rotatable bonds is 8. The first-order valence-corrected chi connectivity index (χ1v) is 10.5. The summed E-state index contributed by atoms with van der Waals surface area (Å²) in [5.74, 6) is 1.60. The Morgan fingerprint density at radius 2 is 1.65 bits per heavy atom. The zero-order valence-corrected chi connectivity index (χ0v) is 17.1. The van der Waals surface area contributed by atoms with Crippen LogP contribution in [0.3, 0.4) is 0 Å². The average Bonchev–Trinajstić information content (AvgIpc) is 3.14. The molecule has 1 amide bonds. The average molecular weight is 366 g/mol. The number of likely N-dealkylation sites (tertiary alicyclic amines) is 1. The van der Waals surface area contributed by atoms with Crippen molar-refractivity contribution in [1.82, 2.24) is 20.9 Å². The number of piperidine rings is 1. The molecule has 2 aliphatic rings. The maximum Gasteiger partial charge on any atom is 0.220 e. The van der Waals surface area contributed by atoms with Crippen LogP contribution in [-0.4, -0.2) is 62.1 Å². The highest BCUT2D eigenvalue weighted by Crippen LogP contribution is 2.27. The van der Waals surface area contributed by atoms with Crippen LogP contribution in [0.4, 0.5) is 0 Å². The van der Waals surface area contributed by atoms with Crippen molar-refractivity contribution >= 4 is 11.9 Å². The third-order valence-corrected chi connectivity index (χ3v) is 5.81. The number of nitrogens with one attached hydrogen (secondary N) is 3. The van der Waals surface area contributed by atoms with Gasteiger partial charge in [-0.3, -0.25) is 14.7 Å². The van der Waals surface area contributed by atoms with Gasteiger partial charge in [0.25, 0.3) is 0 Å². The smallest absolute Gasteiger partial charge is 0.220 e. The molecule has 0 radical (unpaired) electrons. The number of carbonyl (C=O) groups excluding carboxylic acids is 1. The Hall–Kier alpha value is -1.30. The summed E-state index contributed by atoms with van der Waals surface area (Å²) in [7, 11) is 1.79. The Morgan fingerprint density at radius 3 is 2.31 bits per heavy atom. The van der Waals surface area contributed by atoms with Crippen molar-refractivity contribution < 1.29 is 4.79 Å². The van der Waals surface area contributed by atoms with Crippen LogP contribution in [-0.2, 0) is 4.79 Å². The summed E-state index contributed by atoms with van der Waals surface area (Å²) in [5.41, 5.74) is 0.119. The highest BCUT2D eigenvalue weighted by Gasteiger charge is 2.27. The molecule has 6 nitrogen and oxygen atoms in total. The SMILES string of the molecule is CN=C(NCCNC(=O)CC1CCCC1)NCC(C)(C)N1CCCCC1. The quantitative estimate of drug-likeness (QED) is 0.350. The molecule has 1 saturated heterocycles. The lowest BCUT2D eigenvalue weighted by Crippen LogP contribution is -2.55. The van der Waals surface area contributed by atoms with E-state index >= 15 is 0 Å². The van der Waals surface area contributed by atoms with E-state index in [0.29, 0.717) is 25.4 Å². The Morgan fingerprint density at radius 1 is 1.00 bits per heavy atom. The minimum absolute atomic E-state index is 0.119. The van der Waals surface area contributed by atoms with E-state index < -0.39 is 0 Å². The van der Waals surface area contributed by atoms with Gasteiger partial charge in [-0.25, -0.2) is 0 Å². The Kier molecular flexibility index (Phi) is 8.69. The molecule has 6 heteroatoms. The lowest BCUT2D eigenvalue weighted by atomic mass is 9.98. The van der Waals surface area contributed by atoms with Crippen molar-refractivity contribution in [1.29, 1.82) is 0 Å². The minimum Gasteiger partial charge on any atom is -0.355 e. The molecule has 0 bridgehead atoms. The second kappa shape index (κ2) is 10.8. The molecular formula is C20H39N5O. The maximum absolute atomic E-state index is 12.0. The molecule has 0 unspecified atom stereocenters. The number of guanidine groups is 1. The van der Waals surface area contributed by atoms with Crippen LogP contribution in [0.15, 0.2) is 4.99 Å². The first-order chi connectivity index (χ1) is 12.5. The number of nitrogens with zero attached hydrogens (tertiary/aromatic N) is 2. The van der Waals surface area contributed by atoms with E-state index in [4.69, 9.17) is 0 Å². The molecule has 0 spiro atoms. The van der Waals surface area contributed by atoms with E-state index in [1.54, 1.807) is 7.05 Å². The number of aliphatic imine (C=N–C) groups is 1. The van der Waals surface area contributed by atoms with E-state index in [1.165, 1.54) is 58.0 Å². The predicted molar refractivity (Wildman–Crippen MR) is 108 cm³/mol. The van der Waals surface area contributed by atoms with Gasteiger partial charge in [0.15, 0.2) is 5.96 Å². The fraction of sp³-hybridized carbons (Fsp3) is 0.900. The molecule has 1 aliphatic heterocycles. The van der Waals surface area contributed by atoms with Gasteiger partial charge in [0.2, 0.25) is 5.91 Å². The van der Waals surface area contributed by atoms with Crippen molar-refractivity contribution in [2.24, 2.45) is 10.9 Å². The standard InChI is InChI=1S/C20H39N5O/c1-20(2,25-13-7-4-8-14-25)16-24-19(21-3)23-12-11-22-18(26)15-17-9-5-6-10-17/h17H,4-16H2,1-3H3,(H,22,26)(H2,21,23,24). The number of carbonyl (C=O) groups is 1. The molecule has 2 rings (SSSR count). The van der Waals surface area contributed by atoms with E-state index in [1.807, 2.05) is 0 Å². The Bertz CT molecular complexity index is 451. The van der Waals surface area contributed by atoms with Crippen molar-refractivity contribution in [3.05, 3.63) is 0 Å². The summed E-state index contributed by atoms with van der Waals surface area (Å²) in [6.45, 7) is 9.16. The Balaban J connectivity index is 1.60. The van der Waals surface area contributed by atoms with Gasteiger partial charge in [-0.2, -0.15) is 0 Å². The monoisotopic (exact) mass is 365 g/mol. The summed E-state index contributed by atoms with van der Waals surface area (Å²) in [5, 5.41) is 9.76. The molecule has 26 heavy (non-hydrogen) atoms. The largest absolute Gasteiger partial charge is 0.355 e. The molecule has 0 aromatic carbocycles. The fourth-order valence-electron chi connectivity index (χ4n) is 4.06. The number of amides is 1. The highest BCUT2D eigenvalue weighted by molar-refractivity contribution is 5.80. The third-order valence-electron chi connectivity index (χ3n) is 5.81. The van der Waals surface area contributed by atoms with Crippen LogP contribution in [0, 0.1) is 5.92 Å². The first-order valence-electron chi connectivity index (χ1n) is 10.5. The van der Waals surface area contributed by atoms with Gasteiger partial charge in [-0.1, -0.05) is 19.3 Å². The van der Waals surface area contributed by atoms with Crippen molar-refractivity contribution in [3.8, 4) is 0 Å². The van der Waals surface area contributed by atoms with Crippen LogP contribution in [0.5, 0.6) is 0 Å². The van der Waals surface area contributed by atoms with Crippen LogP contribution in [0.2, 0.25) is 0 Å². The lowest BCUT2D eigenvalue weighted by molar-refractivity contribution is -0.121. The summed E-state index contributed by atoms with van der Waals surface area (Å²) in [4.78, 5) is 18.8. The summed E-state index contributed by atoms with van der Waals surface area (Å²) >= 11 is 0. The topological polar surface area (TPSA) is 68.8 Å². The van der Waals surface area contributed by atoms with Crippen LogP contribution in [0.1, 0.15) is 65.2 Å². The van der Waals surface area contributed by atoms with Crippen LogP contribution < -0.4 is 16.0 Å². The van der Waals surface area contributed by atoms with Gasteiger partial charge < -0.3 is 16.0 Å². The summed E-state index contributed by atoms with van der Waals surface area (Å²) in [6, 6.07) is 0. The zero-order chi connectivity index (χ0) is 18.8. The van der Waals surface area contributed by atoms with Crippen molar-refractivity contribution in [3.63, 3.8) is 0 Å². The molecule has 2 fully saturated rings. The van der Waals surface area contributed by atoms with Gasteiger partial charge in [0, 0.05) is 38.6 Å². The molecular weight excluding hydrogens is 326 g/mol. The molecule has 3 N–H and O–H groups in total. The zero-order valence-electron chi connectivity index (χ0n) is 17.1. The maximum atomic E-state index is 12.0. The van der Waals surface area contributed by atoms with E-state index in [-0.39, 0.29) is 11.4 Å². The predicted octanol–water partition coefficient (Wildman–Crippen LogP) is 2.11. The van der Waals surface area contributed by atoms with Crippen molar-refractivity contribution in [2.75, 3.05) is 39.8 Å². The fourth-order valence-corrected chi connectivity index (χ4v) is 4.06. The van der Waals surface area contributed by atoms with Gasteiger partial charge in [0.05, 0.1) is 0 Å². The molecule has 1 aliphatic carbocycles. The summed E-state index contributed by atoms with van der Waals surface area (Å²) in [6.07, 6.45) is 9.66. The third kappa shape index (κ3) is 7.14. The highest BCUT2D eigenvalue weighted by atomic mass is 16.1. The van der Waals surface area contributed by atoms with E-state index in [2.05, 4.69) is 39.7 Å². The molecule has 0 aromatic heterocycles. The molecule has 150 valence electrons. The van der Waals surface area contributed by atoms with Crippen molar-refractivity contribution in [2.45, 2.75) is 70.8 Å². The Labute approximate surface area is 159 Å². The van der Waals surface area contributed by atoms with Crippen LogP contribution in [0.25, 0.3) is 0 Å². The summed E-state index contributed by atoms with van der Waals surface area (Å²) < 4.78 is 0. The van der Waals surface area contributed by atoms with Gasteiger partial charge >= 0.3 is 0 Å². The number of hydrogen-bond acceptors (Lipinski definition) is 3.